The first-order chi connectivity index (χ1) is 8.02. The maximum Gasteiger partial charge on any atom is 0.0438 e. The van der Waals surface area contributed by atoms with E-state index in [2.05, 4.69) is 52.0 Å². The van der Waals surface area contributed by atoms with Gasteiger partial charge < -0.3 is 0 Å². The topological polar surface area (TPSA) is 0 Å². The van der Waals surface area contributed by atoms with Crippen LogP contribution in [0.3, 0.4) is 0 Å². The zero-order valence-electron chi connectivity index (χ0n) is 10.8. The van der Waals surface area contributed by atoms with Gasteiger partial charge in [0, 0.05) is 5.02 Å². The van der Waals surface area contributed by atoms with Crippen LogP contribution in [0.4, 0.5) is 0 Å². The van der Waals surface area contributed by atoms with Crippen LogP contribution in [0.25, 0.3) is 11.1 Å². The molecule has 0 amide bonds. The number of hydrogen-bond donors (Lipinski definition) is 0. The molecule has 0 N–H and O–H groups in total. The molecule has 0 saturated heterocycles. The van der Waals surface area contributed by atoms with Crippen LogP contribution in [0.1, 0.15) is 22.3 Å². The predicted molar refractivity (Wildman–Crippen MR) is 75.8 cm³/mol. The van der Waals surface area contributed by atoms with Crippen molar-refractivity contribution in [3.05, 3.63) is 57.6 Å². The SMILES string of the molecule is Cc1cccc(-c2ccc(Cl)c(C)c2C)c1C. The molecule has 2 aromatic carbocycles. The first kappa shape index (κ1) is 12.2. The van der Waals surface area contributed by atoms with Crippen molar-refractivity contribution >= 4 is 11.6 Å². The minimum Gasteiger partial charge on any atom is -0.0840 e. The largest absolute Gasteiger partial charge is 0.0840 e. The van der Waals surface area contributed by atoms with Crippen molar-refractivity contribution in [3.63, 3.8) is 0 Å². The average Bonchev–Trinajstić information content (AvgIpc) is 2.31. The summed E-state index contributed by atoms with van der Waals surface area (Å²) in [6.45, 7) is 8.54. The molecular formula is C16H17Cl. The number of hydrogen-bond acceptors (Lipinski definition) is 0. The minimum atomic E-state index is 0.844. The minimum absolute atomic E-state index is 0.844. The van der Waals surface area contributed by atoms with E-state index in [1.807, 2.05) is 6.07 Å². The maximum atomic E-state index is 6.14. The highest BCUT2D eigenvalue weighted by Crippen LogP contribution is 2.32. The van der Waals surface area contributed by atoms with Crippen LogP contribution in [-0.4, -0.2) is 0 Å². The Morgan fingerprint density at radius 1 is 0.706 bits per heavy atom. The summed E-state index contributed by atoms with van der Waals surface area (Å²) in [5.74, 6) is 0. The van der Waals surface area contributed by atoms with Crippen LogP contribution in [0.5, 0.6) is 0 Å². The van der Waals surface area contributed by atoms with E-state index in [1.54, 1.807) is 0 Å². The standard InChI is InChI=1S/C16H17Cl/c1-10-6-5-7-14(11(10)2)15-8-9-16(17)13(4)12(15)3/h5-9H,1-4H3. The van der Waals surface area contributed by atoms with E-state index in [4.69, 9.17) is 11.6 Å². The van der Waals surface area contributed by atoms with E-state index in [9.17, 15) is 0 Å². The average molecular weight is 245 g/mol. The van der Waals surface area contributed by atoms with Gasteiger partial charge in [-0.1, -0.05) is 35.9 Å². The normalized spacial score (nSPS) is 10.6. The van der Waals surface area contributed by atoms with Crippen LogP contribution in [0, 0.1) is 27.7 Å². The van der Waals surface area contributed by atoms with Crippen molar-refractivity contribution in [1.29, 1.82) is 0 Å². The van der Waals surface area contributed by atoms with Crippen LogP contribution in [0.2, 0.25) is 5.02 Å². The van der Waals surface area contributed by atoms with Gasteiger partial charge in [0.25, 0.3) is 0 Å². The van der Waals surface area contributed by atoms with Crippen LogP contribution < -0.4 is 0 Å². The fourth-order valence-corrected chi connectivity index (χ4v) is 2.33. The fourth-order valence-electron chi connectivity index (χ4n) is 2.12. The molecule has 0 unspecified atom stereocenters. The summed E-state index contributed by atoms with van der Waals surface area (Å²) in [6.07, 6.45) is 0. The molecule has 2 rings (SSSR count). The summed E-state index contributed by atoms with van der Waals surface area (Å²) in [5.41, 5.74) is 7.71. The lowest BCUT2D eigenvalue weighted by Gasteiger charge is -2.14. The molecule has 0 aliphatic heterocycles. The molecule has 0 radical (unpaired) electrons. The lowest BCUT2D eigenvalue weighted by Crippen LogP contribution is -1.92. The van der Waals surface area contributed by atoms with Crippen molar-refractivity contribution in [2.75, 3.05) is 0 Å². The summed E-state index contributed by atoms with van der Waals surface area (Å²) >= 11 is 6.14. The Kier molecular flexibility index (Phi) is 3.26. The van der Waals surface area contributed by atoms with Crippen molar-refractivity contribution in [1.82, 2.24) is 0 Å². The molecule has 1 heteroatoms. The lowest BCUT2D eigenvalue weighted by molar-refractivity contribution is 1.30. The molecule has 0 spiro atoms. The molecule has 0 atom stereocenters. The van der Waals surface area contributed by atoms with Gasteiger partial charge in [0.2, 0.25) is 0 Å². The molecule has 0 heterocycles. The van der Waals surface area contributed by atoms with Gasteiger partial charge in [-0.2, -0.15) is 0 Å². The van der Waals surface area contributed by atoms with Gasteiger partial charge in [-0.3, -0.25) is 0 Å². The van der Waals surface area contributed by atoms with Crippen molar-refractivity contribution in [2.45, 2.75) is 27.7 Å². The lowest BCUT2D eigenvalue weighted by atomic mass is 9.92. The van der Waals surface area contributed by atoms with Crippen LogP contribution in [0.15, 0.2) is 30.3 Å². The van der Waals surface area contributed by atoms with Gasteiger partial charge in [-0.15, -0.1) is 0 Å². The second-order valence-electron chi connectivity index (χ2n) is 4.59. The molecule has 2 aromatic rings. The molecule has 0 aliphatic rings. The highest BCUT2D eigenvalue weighted by atomic mass is 35.5. The van der Waals surface area contributed by atoms with Gasteiger partial charge in [0.1, 0.15) is 0 Å². The summed E-state index contributed by atoms with van der Waals surface area (Å²) in [7, 11) is 0. The molecule has 0 aromatic heterocycles. The molecule has 88 valence electrons. The highest BCUT2D eigenvalue weighted by Gasteiger charge is 2.09. The Hall–Kier alpha value is -1.27. The third-order valence-electron chi connectivity index (χ3n) is 3.62. The number of halogens is 1. The van der Waals surface area contributed by atoms with Gasteiger partial charge in [0.05, 0.1) is 0 Å². The number of benzene rings is 2. The van der Waals surface area contributed by atoms with E-state index in [1.165, 1.54) is 33.4 Å². The molecule has 0 bridgehead atoms. The Balaban J connectivity index is 2.69. The van der Waals surface area contributed by atoms with Crippen LogP contribution in [-0.2, 0) is 0 Å². The van der Waals surface area contributed by atoms with Gasteiger partial charge >= 0.3 is 0 Å². The monoisotopic (exact) mass is 244 g/mol. The second kappa shape index (κ2) is 4.54. The van der Waals surface area contributed by atoms with Gasteiger partial charge in [0.15, 0.2) is 0 Å². The Labute approximate surface area is 108 Å². The first-order valence-electron chi connectivity index (χ1n) is 5.84. The van der Waals surface area contributed by atoms with E-state index >= 15 is 0 Å². The summed E-state index contributed by atoms with van der Waals surface area (Å²) in [5, 5.41) is 0.844. The van der Waals surface area contributed by atoms with Crippen molar-refractivity contribution in [2.24, 2.45) is 0 Å². The third kappa shape index (κ3) is 2.10. The smallest absolute Gasteiger partial charge is 0.0438 e. The van der Waals surface area contributed by atoms with Crippen molar-refractivity contribution in [3.8, 4) is 11.1 Å². The molecule has 0 nitrogen and oxygen atoms in total. The summed E-state index contributed by atoms with van der Waals surface area (Å²) < 4.78 is 0. The van der Waals surface area contributed by atoms with Gasteiger partial charge in [-0.05, 0) is 67.1 Å². The first-order valence-corrected chi connectivity index (χ1v) is 6.22. The molecular weight excluding hydrogens is 228 g/mol. The predicted octanol–water partition coefficient (Wildman–Crippen LogP) is 5.24. The summed E-state index contributed by atoms with van der Waals surface area (Å²) in [4.78, 5) is 0. The van der Waals surface area contributed by atoms with E-state index in [-0.39, 0.29) is 0 Å². The molecule has 17 heavy (non-hydrogen) atoms. The Bertz CT molecular complexity index is 568. The quantitative estimate of drug-likeness (QED) is 0.644. The number of rotatable bonds is 1. The van der Waals surface area contributed by atoms with Crippen molar-refractivity contribution < 1.29 is 0 Å². The molecule has 0 fully saturated rings. The summed E-state index contributed by atoms with van der Waals surface area (Å²) in [6, 6.07) is 10.5. The Morgan fingerprint density at radius 3 is 2.06 bits per heavy atom. The van der Waals surface area contributed by atoms with Gasteiger partial charge in [-0.25, -0.2) is 0 Å². The molecule has 0 saturated carbocycles. The highest BCUT2D eigenvalue weighted by molar-refractivity contribution is 6.31. The zero-order valence-corrected chi connectivity index (χ0v) is 11.5. The third-order valence-corrected chi connectivity index (χ3v) is 4.03. The van der Waals surface area contributed by atoms with E-state index in [0.29, 0.717) is 0 Å². The van der Waals surface area contributed by atoms with E-state index in [0.717, 1.165) is 5.02 Å². The van der Waals surface area contributed by atoms with Crippen LogP contribution >= 0.6 is 11.6 Å². The van der Waals surface area contributed by atoms with E-state index < -0.39 is 0 Å². The maximum absolute atomic E-state index is 6.14. The Morgan fingerprint density at radius 2 is 1.35 bits per heavy atom. The molecule has 0 aliphatic carbocycles. The zero-order chi connectivity index (χ0) is 12.6. The number of aryl methyl sites for hydroxylation is 1. The fraction of sp³-hybridized carbons (Fsp3) is 0.250. The second-order valence-corrected chi connectivity index (χ2v) is 5.00.